The molecular formula is C19H29N. The number of rotatable bonds is 4. The molecule has 1 aliphatic heterocycles. The molecule has 0 bridgehead atoms. The Hall–Kier alpha value is -0.820. The first-order valence-corrected chi connectivity index (χ1v) is 8.55. The lowest BCUT2D eigenvalue weighted by molar-refractivity contribution is 0.279. The van der Waals surface area contributed by atoms with Crippen molar-refractivity contribution in [2.24, 2.45) is 11.8 Å². The predicted molar refractivity (Wildman–Crippen MR) is 85.9 cm³/mol. The first-order chi connectivity index (χ1) is 9.71. The predicted octanol–water partition coefficient (Wildman–Crippen LogP) is 4.65. The zero-order chi connectivity index (χ0) is 14.0. The second-order valence-electron chi connectivity index (χ2n) is 7.28. The molecule has 1 aromatic carbocycles. The number of benzene rings is 1. The van der Waals surface area contributed by atoms with E-state index in [2.05, 4.69) is 43.4 Å². The van der Waals surface area contributed by atoms with Crippen molar-refractivity contribution in [3.05, 3.63) is 35.4 Å². The molecule has 1 aromatic rings. The Balaban J connectivity index is 1.90. The Morgan fingerprint density at radius 1 is 1.20 bits per heavy atom. The van der Waals surface area contributed by atoms with Crippen LogP contribution in [0.4, 0.5) is 0 Å². The van der Waals surface area contributed by atoms with Gasteiger partial charge in [-0.05, 0) is 61.6 Å². The van der Waals surface area contributed by atoms with Gasteiger partial charge in [0.1, 0.15) is 0 Å². The molecular weight excluding hydrogens is 242 g/mol. The van der Waals surface area contributed by atoms with Crippen molar-refractivity contribution >= 4 is 0 Å². The van der Waals surface area contributed by atoms with E-state index >= 15 is 0 Å². The molecule has 0 spiro atoms. The third kappa shape index (κ3) is 2.93. The van der Waals surface area contributed by atoms with Gasteiger partial charge in [0.05, 0.1) is 0 Å². The van der Waals surface area contributed by atoms with Gasteiger partial charge in [-0.2, -0.15) is 0 Å². The van der Waals surface area contributed by atoms with Gasteiger partial charge in [-0.3, -0.25) is 0 Å². The van der Waals surface area contributed by atoms with Crippen LogP contribution in [0.5, 0.6) is 0 Å². The summed E-state index contributed by atoms with van der Waals surface area (Å²) >= 11 is 0. The molecule has 0 radical (unpaired) electrons. The fraction of sp³-hybridized carbons (Fsp3) is 0.684. The highest BCUT2D eigenvalue weighted by Crippen LogP contribution is 2.49. The summed E-state index contributed by atoms with van der Waals surface area (Å²) in [5.41, 5.74) is 3.38. The maximum Gasteiger partial charge on any atom is 0.0463 e. The second kappa shape index (κ2) is 5.89. The Labute approximate surface area is 124 Å². The molecule has 0 aromatic heterocycles. The van der Waals surface area contributed by atoms with E-state index in [1.807, 2.05) is 0 Å². The Kier molecular flexibility index (Phi) is 4.16. The smallest absolute Gasteiger partial charge is 0.0463 e. The van der Waals surface area contributed by atoms with Gasteiger partial charge in [0, 0.05) is 5.54 Å². The van der Waals surface area contributed by atoms with Crippen LogP contribution >= 0.6 is 0 Å². The van der Waals surface area contributed by atoms with Gasteiger partial charge in [0.2, 0.25) is 0 Å². The fourth-order valence-electron chi connectivity index (χ4n) is 3.96. The van der Waals surface area contributed by atoms with Crippen LogP contribution in [-0.4, -0.2) is 6.54 Å². The summed E-state index contributed by atoms with van der Waals surface area (Å²) in [6, 6.07) is 9.46. The molecule has 110 valence electrons. The van der Waals surface area contributed by atoms with Crippen LogP contribution in [0.25, 0.3) is 0 Å². The SMILES string of the molecule is CC(C)Cc1cccc(C2(C3CC3)CCCCCN2)c1. The summed E-state index contributed by atoms with van der Waals surface area (Å²) in [7, 11) is 0. The van der Waals surface area contributed by atoms with Crippen molar-refractivity contribution in [2.45, 2.75) is 64.3 Å². The van der Waals surface area contributed by atoms with Crippen molar-refractivity contribution in [1.29, 1.82) is 0 Å². The first-order valence-electron chi connectivity index (χ1n) is 8.55. The van der Waals surface area contributed by atoms with E-state index in [0.29, 0.717) is 5.54 Å². The average Bonchev–Trinajstić information content (AvgIpc) is 3.25. The molecule has 1 aliphatic carbocycles. The molecule has 2 aliphatic rings. The summed E-state index contributed by atoms with van der Waals surface area (Å²) in [6.45, 7) is 5.82. The van der Waals surface area contributed by atoms with Gasteiger partial charge in [0.15, 0.2) is 0 Å². The maximum absolute atomic E-state index is 3.95. The molecule has 1 saturated heterocycles. The third-order valence-electron chi connectivity index (χ3n) is 5.05. The largest absolute Gasteiger partial charge is 0.307 e. The second-order valence-corrected chi connectivity index (χ2v) is 7.28. The zero-order valence-electron chi connectivity index (χ0n) is 13.1. The molecule has 1 atom stereocenters. The zero-order valence-corrected chi connectivity index (χ0v) is 13.1. The molecule has 20 heavy (non-hydrogen) atoms. The van der Waals surface area contributed by atoms with E-state index in [-0.39, 0.29) is 0 Å². The van der Waals surface area contributed by atoms with E-state index in [1.54, 1.807) is 5.56 Å². The van der Waals surface area contributed by atoms with Crippen molar-refractivity contribution < 1.29 is 0 Å². The van der Waals surface area contributed by atoms with Crippen molar-refractivity contribution in [3.8, 4) is 0 Å². The highest BCUT2D eigenvalue weighted by atomic mass is 15.0. The number of nitrogens with one attached hydrogen (secondary N) is 1. The molecule has 1 unspecified atom stereocenters. The standard InChI is InChI=1S/C19H29N/c1-15(2)13-16-7-6-8-18(14-16)19(17-9-10-17)11-4-3-5-12-20-19/h6-8,14-15,17,20H,3-5,9-13H2,1-2H3. The summed E-state index contributed by atoms with van der Waals surface area (Å²) < 4.78 is 0. The minimum atomic E-state index is 0.295. The molecule has 1 N–H and O–H groups in total. The van der Waals surface area contributed by atoms with Crippen LogP contribution in [0.2, 0.25) is 0 Å². The van der Waals surface area contributed by atoms with Crippen LogP contribution < -0.4 is 5.32 Å². The Morgan fingerprint density at radius 2 is 2.05 bits per heavy atom. The molecule has 0 amide bonds. The van der Waals surface area contributed by atoms with E-state index in [1.165, 1.54) is 57.1 Å². The normalized spacial score (nSPS) is 27.6. The van der Waals surface area contributed by atoms with Crippen LogP contribution in [0.1, 0.15) is 63.5 Å². The number of hydrogen-bond acceptors (Lipinski definition) is 1. The molecule has 1 heterocycles. The third-order valence-corrected chi connectivity index (χ3v) is 5.05. The van der Waals surface area contributed by atoms with Crippen molar-refractivity contribution in [1.82, 2.24) is 5.32 Å². The molecule has 1 heteroatoms. The molecule has 1 nitrogen and oxygen atoms in total. The number of hydrogen-bond donors (Lipinski definition) is 1. The highest BCUT2D eigenvalue weighted by molar-refractivity contribution is 5.32. The minimum absolute atomic E-state index is 0.295. The topological polar surface area (TPSA) is 12.0 Å². The lowest BCUT2D eigenvalue weighted by Crippen LogP contribution is -2.44. The van der Waals surface area contributed by atoms with Gasteiger partial charge in [0.25, 0.3) is 0 Å². The van der Waals surface area contributed by atoms with Gasteiger partial charge < -0.3 is 5.32 Å². The monoisotopic (exact) mass is 271 g/mol. The van der Waals surface area contributed by atoms with Crippen LogP contribution in [-0.2, 0) is 12.0 Å². The molecule has 3 rings (SSSR count). The van der Waals surface area contributed by atoms with E-state index in [9.17, 15) is 0 Å². The highest BCUT2D eigenvalue weighted by Gasteiger charge is 2.46. The van der Waals surface area contributed by atoms with Gasteiger partial charge in [-0.1, -0.05) is 51.0 Å². The van der Waals surface area contributed by atoms with Gasteiger partial charge in [-0.15, -0.1) is 0 Å². The molecule has 2 fully saturated rings. The maximum atomic E-state index is 3.95. The summed E-state index contributed by atoms with van der Waals surface area (Å²) in [6.07, 6.45) is 9.51. The lowest BCUT2D eigenvalue weighted by Gasteiger charge is -2.35. The average molecular weight is 271 g/mol. The minimum Gasteiger partial charge on any atom is -0.307 e. The first kappa shape index (κ1) is 14.1. The van der Waals surface area contributed by atoms with Crippen LogP contribution in [0.3, 0.4) is 0 Å². The Morgan fingerprint density at radius 3 is 2.80 bits per heavy atom. The quantitative estimate of drug-likeness (QED) is 0.840. The van der Waals surface area contributed by atoms with Crippen molar-refractivity contribution in [3.63, 3.8) is 0 Å². The van der Waals surface area contributed by atoms with Crippen LogP contribution in [0.15, 0.2) is 24.3 Å². The van der Waals surface area contributed by atoms with E-state index in [4.69, 9.17) is 0 Å². The van der Waals surface area contributed by atoms with E-state index < -0.39 is 0 Å². The van der Waals surface area contributed by atoms with E-state index in [0.717, 1.165) is 11.8 Å². The van der Waals surface area contributed by atoms with Gasteiger partial charge >= 0.3 is 0 Å². The summed E-state index contributed by atoms with van der Waals surface area (Å²) in [5.74, 6) is 1.62. The summed E-state index contributed by atoms with van der Waals surface area (Å²) in [5, 5.41) is 3.95. The lowest BCUT2D eigenvalue weighted by atomic mass is 9.80. The van der Waals surface area contributed by atoms with Crippen molar-refractivity contribution in [2.75, 3.05) is 6.54 Å². The molecule has 1 saturated carbocycles. The van der Waals surface area contributed by atoms with Crippen LogP contribution in [0, 0.1) is 11.8 Å². The summed E-state index contributed by atoms with van der Waals surface area (Å²) in [4.78, 5) is 0. The Bertz CT molecular complexity index is 437. The van der Waals surface area contributed by atoms with Gasteiger partial charge in [-0.25, -0.2) is 0 Å². The fourth-order valence-corrected chi connectivity index (χ4v) is 3.96.